The molecule has 166 valence electrons. The zero-order valence-corrected chi connectivity index (χ0v) is 19.0. The lowest BCUT2D eigenvalue weighted by molar-refractivity contribution is 0.0653. The molecular weight excluding hydrogens is 423 g/mol. The molecule has 1 aliphatic rings. The molecule has 1 heterocycles. The van der Waals surface area contributed by atoms with Gasteiger partial charge in [0.05, 0.1) is 7.11 Å². The Morgan fingerprint density at radius 2 is 1.73 bits per heavy atom. The Morgan fingerprint density at radius 3 is 2.37 bits per heavy atom. The summed E-state index contributed by atoms with van der Waals surface area (Å²) < 4.78 is 11.2. The van der Waals surface area contributed by atoms with E-state index in [9.17, 15) is 5.11 Å². The van der Waals surface area contributed by atoms with Crippen LogP contribution >= 0.6 is 24.8 Å². The van der Waals surface area contributed by atoms with E-state index in [1.807, 2.05) is 30.3 Å². The van der Waals surface area contributed by atoms with Crippen molar-refractivity contribution in [3.8, 4) is 11.5 Å². The van der Waals surface area contributed by atoms with Crippen LogP contribution < -0.4 is 14.4 Å². The maximum Gasteiger partial charge on any atom is 0.161 e. The number of ether oxygens (including phenoxy) is 2. The first-order chi connectivity index (χ1) is 13.7. The number of benzene rings is 2. The van der Waals surface area contributed by atoms with Crippen molar-refractivity contribution in [2.45, 2.75) is 12.5 Å². The fourth-order valence-electron chi connectivity index (χ4n) is 3.49. The van der Waals surface area contributed by atoms with E-state index in [-0.39, 0.29) is 31.4 Å². The van der Waals surface area contributed by atoms with Gasteiger partial charge in [0, 0.05) is 38.4 Å². The molecule has 0 saturated carbocycles. The van der Waals surface area contributed by atoms with Gasteiger partial charge in [-0.15, -0.1) is 31.4 Å². The Hall–Kier alpha value is -1.92. The minimum Gasteiger partial charge on any atom is -0.493 e. The molecule has 1 unspecified atom stereocenters. The Labute approximate surface area is 192 Å². The first-order valence-electron chi connectivity index (χ1n) is 9.80. The summed E-state index contributed by atoms with van der Waals surface area (Å²) >= 11 is 0. The number of rotatable bonds is 9. The van der Waals surface area contributed by atoms with Crippen molar-refractivity contribution in [3.05, 3.63) is 66.7 Å². The number of methoxy groups -OCH3 is 1. The molecule has 0 amide bonds. The zero-order valence-electron chi connectivity index (χ0n) is 17.4. The van der Waals surface area contributed by atoms with Crippen molar-refractivity contribution in [1.29, 1.82) is 0 Å². The van der Waals surface area contributed by atoms with Crippen LogP contribution in [0.1, 0.15) is 5.56 Å². The van der Waals surface area contributed by atoms with Crippen molar-refractivity contribution < 1.29 is 14.6 Å². The third kappa shape index (κ3) is 7.40. The first-order valence-corrected chi connectivity index (χ1v) is 9.80. The minimum absolute atomic E-state index is 0. The predicted molar refractivity (Wildman–Crippen MR) is 128 cm³/mol. The summed E-state index contributed by atoms with van der Waals surface area (Å²) in [6.45, 7) is 8.42. The number of aliphatic hydroxyl groups excluding tert-OH is 1. The van der Waals surface area contributed by atoms with Crippen LogP contribution in [0.2, 0.25) is 0 Å². The van der Waals surface area contributed by atoms with E-state index in [0.29, 0.717) is 18.0 Å². The first kappa shape index (κ1) is 26.1. The van der Waals surface area contributed by atoms with Gasteiger partial charge in [-0.25, -0.2) is 0 Å². The third-order valence-corrected chi connectivity index (χ3v) is 5.00. The molecular formula is C23H32Cl2N2O3. The molecule has 2 aromatic carbocycles. The summed E-state index contributed by atoms with van der Waals surface area (Å²) in [5.41, 5.74) is 2.38. The lowest BCUT2D eigenvalue weighted by Gasteiger charge is -2.36. The van der Waals surface area contributed by atoms with Gasteiger partial charge in [0.2, 0.25) is 0 Å². The van der Waals surface area contributed by atoms with E-state index < -0.39 is 6.10 Å². The Morgan fingerprint density at radius 1 is 1.03 bits per heavy atom. The highest BCUT2D eigenvalue weighted by Gasteiger charge is 2.20. The smallest absolute Gasteiger partial charge is 0.161 e. The number of β-amino-alcohol motifs (C(OH)–C–C–N with tert-alkyl or cyclic N) is 1. The molecule has 0 spiro atoms. The van der Waals surface area contributed by atoms with E-state index in [0.717, 1.165) is 38.2 Å². The monoisotopic (exact) mass is 454 g/mol. The Bertz CT molecular complexity index is 753. The quantitative estimate of drug-likeness (QED) is 0.583. The number of anilines is 1. The van der Waals surface area contributed by atoms with Crippen LogP contribution in [0.4, 0.5) is 5.69 Å². The van der Waals surface area contributed by atoms with Crippen LogP contribution in [0.5, 0.6) is 11.5 Å². The van der Waals surface area contributed by atoms with E-state index in [1.165, 1.54) is 5.69 Å². The third-order valence-electron chi connectivity index (χ3n) is 5.00. The van der Waals surface area contributed by atoms with Gasteiger partial charge >= 0.3 is 0 Å². The van der Waals surface area contributed by atoms with Crippen LogP contribution in [0.3, 0.4) is 0 Å². The molecule has 0 aromatic heterocycles. The lowest BCUT2D eigenvalue weighted by Crippen LogP contribution is -2.49. The summed E-state index contributed by atoms with van der Waals surface area (Å²) in [7, 11) is 1.63. The summed E-state index contributed by atoms with van der Waals surface area (Å²) in [6, 6.07) is 16.3. The predicted octanol–water partition coefficient (Wildman–Crippen LogP) is 3.83. The molecule has 30 heavy (non-hydrogen) atoms. The highest BCUT2D eigenvalue weighted by molar-refractivity contribution is 5.85. The number of hydrogen-bond donors (Lipinski definition) is 1. The summed E-state index contributed by atoms with van der Waals surface area (Å²) in [5.74, 6) is 1.34. The fourth-order valence-corrected chi connectivity index (χ4v) is 3.49. The van der Waals surface area contributed by atoms with E-state index in [4.69, 9.17) is 9.47 Å². The molecule has 1 saturated heterocycles. The summed E-state index contributed by atoms with van der Waals surface area (Å²) in [6.07, 6.45) is 2.10. The van der Waals surface area contributed by atoms with Crippen molar-refractivity contribution in [2.75, 3.05) is 51.3 Å². The number of para-hydroxylation sites is 1. The minimum atomic E-state index is -0.541. The second-order valence-electron chi connectivity index (χ2n) is 7.07. The SMILES string of the molecule is C=CCc1ccc(OCC(O)CN2CCN(c3ccccc3)CC2)c(OC)c1.Cl.Cl. The zero-order chi connectivity index (χ0) is 19.8. The van der Waals surface area contributed by atoms with Crippen LogP contribution in [0.15, 0.2) is 61.2 Å². The molecule has 0 bridgehead atoms. The molecule has 0 radical (unpaired) electrons. The second-order valence-corrected chi connectivity index (χ2v) is 7.07. The van der Waals surface area contributed by atoms with E-state index >= 15 is 0 Å². The van der Waals surface area contributed by atoms with Crippen LogP contribution in [0.25, 0.3) is 0 Å². The largest absolute Gasteiger partial charge is 0.493 e. The van der Waals surface area contributed by atoms with Gasteiger partial charge in [-0.05, 0) is 36.2 Å². The lowest BCUT2D eigenvalue weighted by atomic mass is 10.1. The molecule has 0 aliphatic carbocycles. The molecule has 1 aliphatic heterocycles. The number of aliphatic hydroxyl groups is 1. The van der Waals surface area contributed by atoms with Crippen LogP contribution in [0, 0.1) is 0 Å². The number of nitrogens with zero attached hydrogens (tertiary/aromatic N) is 2. The van der Waals surface area contributed by atoms with Gasteiger partial charge in [-0.3, -0.25) is 4.90 Å². The van der Waals surface area contributed by atoms with Crippen LogP contribution in [-0.4, -0.2) is 62.6 Å². The standard InChI is InChI=1S/C23H30N2O3.2ClH/c1-3-7-19-10-11-22(23(16-19)27-2)28-18-21(26)17-24-12-14-25(15-13-24)20-8-5-4-6-9-20;;/h3-6,8-11,16,21,26H,1,7,12-15,17-18H2,2H3;2*1H. The van der Waals surface area contributed by atoms with E-state index in [1.54, 1.807) is 7.11 Å². The number of hydrogen-bond acceptors (Lipinski definition) is 5. The Balaban J connectivity index is 0.00000225. The molecule has 2 aromatic rings. The molecule has 5 nitrogen and oxygen atoms in total. The number of halogens is 2. The number of piperazine rings is 1. The van der Waals surface area contributed by atoms with E-state index in [2.05, 4.69) is 40.6 Å². The highest BCUT2D eigenvalue weighted by Crippen LogP contribution is 2.28. The molecule has 3 rings (SSSR count). The van der Waals surface area contributed by atoms with Gasteiger partial charge in [0.15, 0.2) is 11.5 Å². The van der Waals surface area contributed by atoms with Crippen molar-refractivity contribution in [2.24, 2.45) is 0 Å². The maximum absolute atomic E-state index is 10.4. The molecule has 1 N–H and O–H groups in total. The van der Waals surface area contributed by atoms with Gasteiger partial charge in [0.25, 0.3) is 0 Å². The van der Waals surface area contributed by atoms with Crippen molar-refractivity contribution in [3.63, 3.8) is 0 Å². The summed E-state index contributed by atoms with van der Waals surface area (Å²) in [5, 5.41) is 10.4. The normalized spacial score (nSPS) is 14.8. The average molecular weight is 455 g/mol. The second kappa shape index (κ2) is 13.4. The Kier molecular flexibility index (Phi) is 11.7. The summed E-state index contributed by atoms with van der Waals surface area (Å²) in [4.78, 5) is 4.67. The topological polar surface area (TPSA) is 45.2 Å². The van der Waals surface area contributed by atoms with Gasteiger partial charge in [-0.1, -0.05) is 30.3 Å². The van der Waals surface area contributed by atoms with Crippen LogP contribution in [-0.2, 0) is 6.42 Å². The number of allylic oxidation sites excluding steroid dienone is 1. The average Bonchev–Trinajstić information content (AvgIpc) is 2.74. The van der Waals surface area contributed by atoms with Gasteiger partial charge in [0.1, 0.15) is 12.7 Å². The van der Waals surface area contributed by atoms with Gasteiger partial charge in [-0.2, -0.15) is 0 Å². The molecule has 7 heteroatoms. The fraction of sp³-hybridized carbons (Fsp3) is 0.391. The van der Waals surface area contributed by atoms with Gasteiger partial charge < -0.3 is 19.5 Å². The van der Waals surface area contributed by atoms with Crippen molar-refractivity contribution >= 4 is 30.5 Å². The molecule has 1 fully saturated rings. The van der Waals surface area contributed by atoms with Crippen molar-refractivity contribution in [1.82, 2.24) is 4.90 Å². The maximum atomic E-state index is 10.4. The highest BCUT2D eigenvalue weighted by atomic mass is 35.5. The molecule has 1 atom stereocenters.